The van der Waals surface area contributed by atoms with E-state index in [1.54, 1.807) is 4.68 Å². The van der Waals surface area contributed by atoms with Crippen LogP contribution in [0.1, 0.15) is 36.1 Å². The molecule has 1 fully saturated rings. The molecule has 2 aromatic heterocycles. The number of likely N-dealkylation sites (tertiary alicyclic amines) is 1. The van der Waals surface area contributed by atoms with Crippen LogP contribution in [0.3, 0.4) is 0 Å². The number of hydrogen-bond acceptors (Lipinski definition) is 4. The van der Waals surface area contributed by atoms with Gasteiger partial charge in [-0.1, -0.05) is 30.3 Å². The number of hydrogen-bond donors (Lipinski definition) is 1. The van der Waals surface area contributed by atoms with Gasteiger partial charge in [0.2, 0.25) is 5.91 Å². The molecule has 0 saturated carbocycles. The second-order valence-electron chi connectivity index (χ2n) is 6.74. The summed E-state index contributed by atoms with van der Waals surface area (Å²) in [4.78, 5) is 19.4. The molecule has 0 spiro atoms. The zero-order valence-electron chi connectivity index (χ0n) is 15.0. The van der Waals surface area contributed by atoms with Crippen molar-refractivity contribution in [3.8, 4) is 11.4 Å². The number of aromatic amines is 1. The van der Waals surface area contributed by atoms with E-state index in [1.165, 1.54) is 0 Å². The van der Waals surface area contributed by atoms with E-state index in [0.717, 1.165) is 42.2 Å². The van der Waals surface area contributed by atoms with Crippen molar-refractivity contribution in [3.05, 3.63) is 53.6 Å². The number of amides is 1. The van der Waals surface area contributed by atoms with Crippen molar-refractivity contribution < 1.29 is 4.79 Å². The lowest BCUT2D eigenvalue weighted by atomic mass is 10.2. The molecule has 1 aliphatic heterocycles. The maximum atomic E-state index is 12.8. The number of benzene rings is 1. The quantitative estimate of drug-likeness (QED) is 0.784. The van der Waals surface area contributed by atoms with E-state index in [2.05, 4.69) is 20.3 Å². The van der Waals surface area contributed by atoms with Gasteiger partial charge in [-0.3, -0.25) is 14.6 Å². The Kier molecular flexibility index (Phi) is 4.28. The van der Waals surface area contributed by atoms with Gasteiger partial charge in [0.05, 0.1) is 11.7 Å². The van der Waals surface area contributed by atoms with Crippen molar-refractivity contribution >= 4 is 5.91 Å². The summed E-state index contributed by atoms with van der Waals surface area (Å²) in [5.41, 5.74) is 2.89. The van der Waals surface area contributed by atoms with Crippen LogP contribution in [-0.4, -0.2) is 42.3 Å². The topological polar surface area (TPSA) is 79.7 Å². The summed E-state index contributed by atoms with van der Waals surface area (Å²) in [5.74, 6) is 1.48. The number of H-pyrrole nitrogens is 1. The predicted molar refractivity (Wildman–Crippen MR) is 97.2 cm³/mol. The van der Waals surface area contributed by atoms with E-state index in [0.29, 0.717) is 5.82 Å². The Morgan fingerprint density at radius 1 is 1.27 bits per heavy atom. The average Bonchev–Trinajstić information content (AvgIpc) is 3.35. The van der Waals surface area contributed by atoms with Gasteiger partial charge in [-0.25, -0.2) is 4.98 Å². The van der Waals surface area contributed by atoms with Gasteiger partial charge in [-0.15, -0.1) is 0 Å². The third-order valence-electron chi connectivity index (χ3n) is 4.81. The molecule has 1 N–H and O–H groups in total. The second kappa shape index (κ2) is 6.74. The van der Waals surface area contributed by atoms with Crippen LogP contribution >= 0.6 is 0 Å². The fourth-order valence-electron chi connectivity index (χ4n) is 3.54. The van der Waals surface area contributed by atoms with Crippen LogP contribution in [0.2, 0.25) is 0 Å². The molecule has 1 saturated heterocycles. The molecule has 3 aromatic rings. The lowest BCUT2D eigenvalue weighted by Crippen LogP contribution is -2.34. The van der Waals surface area contributed by atoms with Gasteiger partial charge in [-0.2, -0.15) is 10.2 Å². The zero-order valence-corrected chi connectivity index (χ0v) is 15.0. The van der Waals surface area contributed by atoms with Crippen molar-refractivity contribution in [2.45, 2.75) is 39.3 Å². The number of aromatic nitrogens is 5. The molecular weight excluding hydrogens is 328 g/mol. The van der Waals surface area contributed by atoms with E-state index in [4.69, 9.17) is 0 Å². The Bertz CT molecular complexity index is 913. The smallest absolute Gasteiger partial charge is 0.244 e. The van der Waals surface area contributed by atoms with Crippen LogP contribution < -0.4 is 0 Å². The van der Waals surface area contributed by atoms with Gasteiger partial charge >= 0.3 is 0 Å². The second-order valence-corrected chi connectivity index (χ2v) is 6.74. The Morgan fingerprint density at radius 2 is 2.08 bits per heavy atom. The van der Waals surface area contributed by atoms with Crippen molar-refractivity contribution in [1.82, 2.24) is 29.9 Å². The minimum atomic E-state index is -0.0515. The molecule has 0 radical (unpaired) electrons. The van der Waals surface area contributed by atoms with Crippen LogP contribution in [0.5, 0.6) is 0 Å². The van der Waals surface area contributed by atoms with Crippen LogP contribution in [0.15, 0.2) is 36.4 Å². The highest BCUT2D eigenvalue weighted by Crippen LogP contribution is 2.31. The van der Waals surface area contributed by atoms with Gasteiger partial charge in [0, 0.05) is 17.8 Å². The molecule has 0 bridgehead atoms. The normalized spacial score (nSPS) is 17.0. The van der Waals surface area contributed by atoms with Crippen LogP contribution in [0.4, 0.5) is 0 Å². The average molecular weight is 350 g/mol. The molecule has 26 heavy (non-hydrogen) atoms. The third-order valence-corrected chi connectivity index (χ3v) is 4.81. The van der Waals surface area contributed by atoms with Crippen molar-refractivity contribution in [2.75, 3.05) is 6.54 Å². The highest BCUT2D eigenvalue weighted by atomic mass is 16.2. The molecule has 1 atom stereocenters. The molecule has 1 amide bonds. The van der Waals surface area contributed by atoms with Gasteiger partial charge in [0.1, 0.15) is 12.4 Å². The summed E-state index contributed by atoms with van der Waals surface area (Å²) >= 11 is 0. The molecule has 1 aromatic carbocycles. The van der Waals surface area contributed by atoms with Crippen LogP contribution in [0.25, 0.3) is 11.4 Å². The first kappa shape index (κ1) is 16.5. The molecule has 0 unspecified atom stereocenters. The monoisotopic (exact) mass is 350 g/mol. The highest BCUT2D eigenvalue weighted by molar-refractivity contribution is 5.76. The first-order chi connectivity index (χ1) is 12.6. The number of carbonyl (C=O) groups excluding carboxylic acids is 1. The summed E-state index contributed by atoms with van der Waals surface area (Å²) in [6.07, 6.45) is 1.86. The number of aryl methyl sites for hydroxylation is 2. The Balaban J connectivity index is 1.52. The van der Waals surface area contributed by atoms with Crippen LogP contribution in [0, 0.1) is 13.8 Å². The zero-order chi connectivity index (χ0) is 18.1. The lowest BCUT2D eigenvalue weighted by molar-refractivity contribution is -0.133. The summed E-state index contributed by atoms with van der Waals surface area (Å²) in [6, 6.07) is 11.8. The van der Waals surface area contributed by atoms with Gasteiger partial charge in [0.15, 0.2) is 5.82 Å². The van der Waals surface area contributed by atoms with Crippen molar-refractivity contribution in [2.24, 2.45) is 0 Å². The minimum Gasteiger partial charge on any atom is -0.331 e. The summed E-state index contributed by atoms with van der Waals surface area (Å²) in [6.45, 7) is 4.91. The lowest BCUT2D eigenvalue weighted by Gasteiger charge is -2.23. The van der Waals surface area contributed by atoms with Crippen molar-refractivity contribution in [3.63, 3.8) is 0 Å². The fraction of sp³-hybridized carbons (Fsp3) is 0.368. The Hall–Kier alpha value is -2.96. The van der Waals surface area contributed by atoms with Gasteiger partial charge in [0.25, 0.3) is 0 Å². The van der Waals surface area contributed by atoms with E-state index >= 15 is 0 Å². The van der Waals surface area contributed by atoms with E-state index in [9.17, 15) is 4.79 Å². The first-order valence-electron chi connectivity index (χ1n) is 8.90. The molecule has 7 nitrogen and oxygen atoms in total. The molecule has 1 aliphatic rings. The van der Waals surface area contributed by atoms with E-state index in [1.807, 2.05) is 55.1 Å². The van der Waals surface area contributed by atoms with Crippen LogP contribution in [-0.2, 0) is 11.3 Å². The number of nitrogens with one attached hydrogen (secondary N) is 1. The third kappa shape index (κ3) is 3.12. The van der Waals surface area contributed by atoms with Crippen molar-refractivity contribution in [1.29, 1.82) is 0 Å². The highest BCUT2D eigenvalue weighted by Gasteiger charge is 2.32. The SMILES string of the molecule is Cc1cc(C)n(CC(=O)N2CCC[C@H]2c2nc(-c3ccccc3)n[nH]2)n1. The summed E-state index contributed by atoms with van der Waals surface area (Å²) in [5, 5.41) is 11.8. The summed E-state index contributed by atoms with van der Waals surface area (Å²) in [7, 11) is 0. The Morgan fingerprint density at radius 3 is 2.81 bits per heavy atom. The number of nitrogens with zero attached hydrogens (tertiary/aromatic N) is 5. The maximum absolute atomic E-state index is 12.8. The number of carbonyl (C=O) groups is 1. The standard InChI is InChI=1S/C19H22N6O/c1-13-11-14(2)25(23-13)12-17(26)24-10-6-9-16(24)19-20-18(21-22-19)15-7-4-3-5-8-15/h3-5,7-8,11,16H,6,9-10,12H2,1-2H3,(H,20,21,22)/t16-/m0/s1. The maximum Gasteiger partial charge on any atom is 0.244 e. The summed E-state index contributed by atoms with van der Waals surface area (Å²) < 4.78 is 1.77. The van der Waals surface area contributed by atoms with E-state index < -0.39 is 0 Å². The minimum absolute atomic E-state index is 0.0515. The molecule has 7 heteroatoms. The number of rotatable bonds is 4. The predicted octanol–water partition coefficient (Wildman–Crippen LogP) is 2.65. The molecular formula is C19H22N6O. The largest absolute Gasteiger partial charge is 0.331 e. The fourth-order valence-corrected chi connectivity index (χ4v) is 3.54. The van der Waals surface area contributed by atoms with Gasteiger partial charge < -0.3 is 4.90 Å². The molecule has 0 aliphatic carbocycles. The molecule has 4 rings (SSSR count). The Labute approximate surface area is 152 Å². The first-order valence-corrected chi connectivity index (χ1v) is 8.90. The van der Waals surface area contributed by atoms with Gasteiger partial charge in [-0.05, 0) is 32.8 Å². The molecule has 134 valence electrons. The van der Waals surface area contributed by atoms with E-state index in [-0.39, 0.29) is 18.5 Å². The molecule has 3 heterocycles.